The van der Waals surface area contributed by atoms with Crippen LogP contribution in [0.1, 0.15) is 13.3 Å². The highest BCUT2D eigenvalue weighted by atomic mass is 16.3. The third-order valence-electron chi connectivity index (χ3n) is 0.920. The van der Waals surface area contributed by atoms with Gasteiger partial charge in [-0.3, -0.25) is 9.80 Å². The van der Waals surface area contributed by atoms with Crippen molar-refractivity contribution in [2.24, 2.45) is 5.84 Å². The molecule has 0 spiro atoms. The van der Waals surface area contributed by atoms with Crippen LogP contribution in [0.25, 0.3) is 0 Å². The molecule has 0 aromatic heterocycles. The Morgan fingerprint density at radius 1 is 1.78 bits per heavy atom. The molecular weight excluding hydrogens is 120 g/mol. The van der Waals surface area contributed by atoms with Crippen LogP contribution in [0.15, 0.2) is 0 Å². The van der Waals surface area contributed by atoms with Crippen molar-refractivity contribution in [2.45, 2.75) is 13.3 Å². The van der Waals surface area contributed by atoms with Gasteiger partial charge in [-0.2, -0.15) is 0 Å². The molecular formula is C5H12N2O2. The van der Waals surface area contributed by atoms with Gasteiger partial charge in [0.05, 0.1) is 0 Å². The van der Waals surface area contributed by atoms with Crippen molar-refractivity contribution in [1.29, 1.82) is 0 Å². The molecule has 0 saturated heterocycles. The molecule has 9 heavy (non-hydrogen) atoms. The van der Waals surface area contributed by atoms with Crippen molar-refractivity contribution in [2.75, 3.05) is 13.2 Å². The summed E-state index contributed by atoms with van der Waals surface area (Å²) in [4.78, 5) is 10.5. The largest absolute Gasteiger partial charge is 0.386 e. The second-order valence-corrected chi connectivity index (χ2v) is 1.75. The van der Waals surface area contributed by atoms with Crippen LogP contribution >= 0.6 is 0 Å². The van der Waals surface area contributed by atoms with Crippen molar-refractivity contribution in [3.05, 3.63) is 0 Å². The van der Waals surface area contributed by atoms with Gasteiger partial charge in [0.15, 0.2) is 0 Å². The molecule has 0 aromatic rings. The van der Waals surface area contributed by atoms with E-state index in [1.165, 1.54) is 0 Å². The third kappa shape index (κ3) is 3.05. The Bertz CT molecular complexity index is 95.0. The Labute approximate surface area is 54.2 Å². The minimum absolute atomic E-state index is 0.433. The maximum atomic E-state index is 10.5. The minimum Gasteiger partial charge on any atom is -0.386 e. The second kappa shape index (κ2) is 4.29. The van der Waals surface area contributed by atoms with E-state index in [2.05, 4.69) is 0 Å². The van der Waals surface area contributed by atoms with Crippen LogP contribution in [0.4, 0.5) is 0 Å². The van der Waals surface area contributed by atoms with Crippen molar-refractivity contribution < 1.29 is 9.90 Å². The monoisotopic (exact) mass is 132 g/mol. The molecule has 0 unspecified atom stereocenters. The summed E-state index contributed by atoms with van der Waals surface area (Å²) in [5.41, 5.74) is 0. The highest BCUT2D eigenvalue weighted by Crippen LogP contribution is 1.81. The summed E-state index contributed by atoms with van der Waals surface area (Å²) in [6.45, 7) is 1.90. The summed E-state index contributed by atoms with van der Waals surface area (Å²) in [5.74, 6) is 4.73. The van der Waals surface area contributed by atoms with E-state index in [1.807, 2.05) is 6.92 Å². The maximum absolute atomic E-state index is 10.5. The molecule has 0 aliphatic rings. The molecule has 0 fully saturated rings. The van der Waals surface area contributed by atoms with Gasteiger partial charge in [0.2, 0.25) is 0 Å². The predicted molar refractivity (Wildman–Crippen MR) is 33.3 cm³/mol. The zero-order valence-corrected chi connectivity index (χ0v) is 5.50. The first kappa shape index (κ1) is 8.39. The molecule has 0 saturated carbocycles. The normalized spacial score (nSPS) is 9.22. The minimum atomic E-state index is -0.503. The number of carbonyl (C=O) groups excluding carboxylic acids is 1. The first-order valence-corrected chi connectivity index (χ1v) is 2.88. The van der Waals surface area contributed by atoms with Crippen molar-refractivity contribution in [3.8, 4) is 0 Å². The van der Waals surface area contributed by atoms with E-state index in [9.17, 15) is 4.79 Å². The number of carbonyl (C=O) groups is 1. The molecule has 0 radical (unpaired) electrons. The molecule has 1 amide bonds. The Balaban J connectivity index is 3.45. The van der Waals surface area contributed by atoms with E-state index in [-0.39, 0.29) is 0 Å². The summed E-state index contributed by atoms with van der Waals surface area (Å²) >= 11 is 0. The molecule has 0 heterocycles. The fourth-order valence-electron chi connectivity index (χ4n) is 0.456. The van der Waals surface area contributed by atoms with E-state index in [0.29, 0.717) is 6.54 Å². The van der Waals surface area contributed by atoms with Crippen LogP contribution in [0.3, 0.4) is 0 Å². The zero-order chi connectivity index (χ0) is 7.28. The van der Waals surface area contributed by atoms with E-state index < -0.39 is 12.5 Å². The van der Waals surface area contributed by atoms with Gasteiger partial charge in [-0.1, -0.05) is 6.92 Å². The lowest BCUT2D eigenvalue weighted by Gasteiger charge is -2.12. The Morgan fingerprint density at radius 2 is 2.33 bits per heavy atom. The van der Waals surface area contributed by atoms with Gasteiger partial charge in [-0.25, -0.2) is 5.84 Å². The molecule has 4 heteroatoms. The average Bonchev–Trinajstić information content (AvgIpc) is 1.87. The number of aliphatic hydroxyl groups is 1. The number of hydrogen-bond donors (Lipinski definition) is 2. The molecule has 0 aliphatic heterocycles. The highest BCUT2D eigenvalue weighted by Gasteiger charge is 2.03. The number of rotatable bonds is 3. The highest BCUT2D eigenvalue weighted by molar-refractivity contribution is 5.76. The maximum Gasteiger partial charge on any atom is 0.262 e. The lowest BCUT2D eigenvalue weighted by atomic mass is 10.4. The quantitative estimate of drug-likeness (QED) is 0.297. The summed E-state index contributed by atoms with van der Waals surface area (Å²) in [6.07, 6.45) is 0.808. The molecule has 0 bridgehead atoms. The topological polar surface area (TPSA) is 66.6 Å². The molecule has 0 aromatic carbocycles. The van der Waals surface area contributed by atoms with Gasteiger partial charge in [0, 0.05) is 6.54 Å². The summed E-state index contributed by atoms with van der Waals surface area (Å²) in [6, 6.07) is 0. The van der Waals surface area contributed by atoms with Gasteiger partial charge in [-0.15, -0.1) is 0 Å². The van der Waals surface area contributed by atoms with Crippen molar-refractivity contribution in [3.63, 3.8) is 0 Å². The SMILES string of the molecule is CCCN(N)C(=O)CO. The Morgan fingerprint density at radius 3 is 2.67 bits per heavy atom. The van der Waals surface area contributed by atoms with E-state index in [4.69, 9.17) is 10.9 Å². The molecule has 0 rings (SSSR count). The molecule has 0 atom stereocenters. The zero-order valence-electron chi connectivity index (χ0n) is 5.50. The van der Waals surface area contributed by atoms with Crippen LogP contribution in [-0.2, 0) is 4.79 Å². The van der Waals surface area contributed by atoms with Gasteiger partial charge in [-0.05, 0) is 6.42 Å². The lowest BCUT2D eigenvalue weighted by Crippen LogP contribution is -2.39. The van der Waals surface area contributed by atoms with Crippen LogP contribution in [-0.4, -0.2) is 29.2 Å². The van der Waals surface area contributed by atoms with Crippen LogP contribution < -0.4 is 5.84 Å². The van der Waals surface area contributed by atoms with Crippen LogP contribution in [0, 0.1) is 0 Å². The van der Waals surface area contributed by atoms with E-state index >= 15 is 0 Å². The first-order chi connectivity index (χ1) is 4.22. The number of nitrogens with zero attached hydrogens (tertiary/aromatic N) is 1. The second-order valence-electron chi connectivity index (χ2n) is 1.75. The summed E-state index contributed by atoms with van der Waals surface area (Å²) in [7, 11) is 0. The first-order valence-electron chi connectivity index (χ1n) is 2.88. The predicted octanol–water partition coefficient (Wildman–Crippen LogP) is -0.909. The smallest absolute Gasteiger partial charge is 0.262 e. The Kier molecular flexibility index (Phi) is 4.00. The molecule has 0 aliphatic carbocycles. The van der Waals surface area contributed by atoms with E-state index in [1.54, 1.807) is 0 Å². The standard InChI is InChI=1S/C5H12N2O2/c1-2-3-7(6)5(9)4-8/h8H,2-4,6H2,1H3. The summed E-state index contributed by atoms with van der Waals surface area (Å²) in [5, 5.41) is 9.27. The Hall–Kier alpha value is -0.610. The van der Waals surface area contributed by atoms with Gasteiger partial charge >= 0.3 is 0 Å². The van der Waals surface area contributed by atoms with Gasteiger partial charge in [0.1, 0.15) is 6.61 Å². The van der Waals surface area contributed by atoms with Crippen LogP contribution in [0.2, 0.25) is 0 Å². The average molecular weight is 132 g/mol. The van der Waals surface area contributed by atoms with Crippen LogP contribution in [0.5, 0.6) is 0 Å². The van der Waals surface area contributed by atoms with Gasteiger partial charge < -0.3 is 5.11 Å². The fourth-order valence-corrected chi connectivity index (χ4v) is 0.456. The number of hydrogen-bond acceptors (Lipinski definition) is 3. The third-order valence-corrected chi connectivity index (χ3v) is 0.920. The molecule has 3 N–H and O–H groups in total. The lowest BCUT2D eigenvalue weighted by molar-refractivity contribution is -0.134. The number of amides is 1. The van der Waals surface area contributed by atoms with Crippen molar-refractivity contribution in [1.82, 2.24) is 5.01 Å². The molecule has 4 nitrogen and oxygen atoms in total. The van der Waals surface area contributed by atoms with E-state index in [0.717, 1.165) is 11.4 Å². The summed E-state index contributed by atoms with van der Waals surface area (Å²) < 4.78 is 0. The molecule has 54 valence electrons. The number of aliphatic hydroxyl groups excluding tert-OH is 1. The number of hydrazine groups is 1. The number of nitrogens with two attached hydrogens (primary N) is 1. The van der Waals surface area contributed by atoms with Crippen molar-refractivity contribution >= 4 is 5.91 Å². The van der Waals surface area contributed by atoms with Gasteiger partial charge in [0.25, 0.3) is 5.91 Å². The fraction of sp³-hybridized carbons (Fsp3) is 0.800.